The van der Waals surface area contributed by atoms with E-state index in [2.05, 4.69) is 5.32 Å². The summed E-state index contributed by atoms with van der Waals surface area (Å²) in [5, 5.41) is 3.04. The predicted octanol–water partition coefficient (Wildman–Crippen LogP) is 1.98. The van der Waals surface area contributed by atoms with Gasteiger partial charge in [-0.05, 0) is 30.2 Å². The molecule has 1 aromatic carbocycles. The van der Waals surface area contributed by atoms with Crippen LogP contribution in [0.1, 0.15) is 30.4 Å². The minimum Gasteiger partial charge on any atom is -0.389 e. The monoisotopic (exact) mass is 274 g/mol. The Labute approximate surface area is 118 Å². The first-order valence-corrected chi connectivity index (χ1v) is 7.24. The molecule has 0 radical (unpaired) electrons. The van der Waals surface area contributed by atoms with Crippen molar-refractivity contribution in [2.24, 2.45) is 23.5 Å². The Morgan fingerprint density at radius 3 is 2.47 bits per heavy atom. The molecule has 2 fully saturated rings. The number of carbonyl (C=O) groups excluding carboxylic acids is 1. The summed E-state index contributed by atoms with van der Waals surface area (Å²) in [4.78, 5) is 12.4. The van der Waals surface area contributed by atoms with Crippen molar-refractivity contribution in [3.8, 4) is 0 Å². The quantitative estimate of drug-likeness (QED) is 0.826. The fraction of sp³-hybridized carbons (Fsp3) is 0.467. The van der Waals surface area contributed by atoms with E-state index in [1.807, 2.05) is 24.3 Å². The van der Waals surface area contributed by atoms with Gasteiger partial charge in [-0.15, -0.1) is 0 Å². The van der Waals surface area contributed by atoms with E-state index >= 15 is 0 Å². The van der Waals surface area contributed by atoms with Gasteiger partial charge in [-0.3, -0.25) is 4.79 Å². The van der Waals surface area contributed by atoms with Gasteiger partial charge in [0.25, 0.3) is 0 Å². The summed E-state index contributed by atoms with van der Waals surface area (Å²) in [6, 6.07) is 7.72. The first kappa shape index (κ1) is 12.6. The summed E-state index contributed by atoms with van der Waals surface area (Å²) in [7, 11) is 0. The van der Waals surface area contributed by atoms with Crippen LogP contribution >= 0.6 is 12.2 Å². The number of rotatable bonds is 4. The molecule has 1 aromatic rings. The van der Waals surface area contributed by atoms with Crippen LogP contribution in [0.25, 0.3) is 0 Å². The molecule has 2 saturated carbocycles. The Bertz CT molecular complexity index is 501. The number of benzene rings is 1. The molecule has 100 valence electrons. The van der Waals surface area contributed by atoms with Gasteiger partial charge in [0, 0.05) is 18.0 Å². The van der Waals surface area contributed by atoms with Crippen LogP contribution in [-0.2, 0) is 11.3 Å². The van der Waals surface area contributed by atoms with Gasteiger partial charge >= 0.3 is 0 Å². The van der Waals surface area contributed by atoms with Crippen molar-refractivity contribution in [2.45, 2.75) is 25.8 Å². The fourth-order valence-corrected chi connectivity index (χ4v) is 3.44. The highest BCUT2D eigenvalue weighted by molar-refractivity contribution is 7.80. The molecule has 0 aromatic heterocycles. The zero-order chi connectivity index (χ0) is 13.4. The molecule has 0 saturated heterocycles. The van der Waals surface area contributed by atoms with E-state index in [1.54, 1.807) is 0 Å². The van der Waals surface area contributed by atoms with Crippen molar-refractivity contribution < 1.29 is 4.79 Å². The highest BCUT2D eigenvalue weighted by Gasteiger charge is 2.56. The van der Waals surface area contributed by atoms with Crippen LogP contribution in [0, 0.1) is 17.8 Å². The second-order valence-electron chi connectivity index (χ2n) is 5.56. The maximum atomic E-state index is 12.0. The largest absolute Gasteiger partial charge is 0.389 e. The van der Waals surface area contributed by atoms with E-state index in [0.29, 0.717) is 29.3 Å². The molecule has 2 aliphatic rings. The molecule has 4 heteroatoms. The van der Waals surface area contributed by atoms with Gasteiger partial charge in [-0.1, -0.05) is 42.9 Å². The van der Waals surface area contributed by atoms with E-state index in [1.165, 1.54) is 19.3 Å². The standard InChI is InChI=1S/C15H18N2OS/c16-14(19)10-6-4-9(5-7-10)8-17-15(18)13-11-2-1-3-12(11)13/h4-7,11-13H,1-3,8H2,(H2,16,19)(H,17,18). The molecule has 0 heterocycles. The third-order valence-electron chi connectivity index (χ3n) is 4.41. The molecule has 19 heavy (non-hydrogen) atoms. The number of fused-ring (bicyclic) bond motifs is 1. The number of thiocarbonyl (C=S) groups is 1. The normalized spacial score (nSPS) is 27.7. The molecule has 1 amide bonds. The molecule has 2 aliphatic carbocycles. The molecule has 3 rings (SSSR count). The van der Waals surface area contributed by atoms with Crippen molar-refractivity contribution in [1.82, 2.24) is 5.32 Å². The van der Waals surface area contributed by atoms with Gasteiger partial charge in [0.1, 0.15) is 4.99 Å². The maximum Gasteiger partial charge on any atom is 0.223 e. The Kier molecular flexibility index (Phi) is 3.27. The molecular weight excluding hydrogens is 256 g/mol. The zero-order valence-corrected chi connectivity index (χ0v) is 11.6. The molecular formula is C15H18N2OS. The van der Waals surface area contributed by atoms with Gasteiger partial charge in [0.15, 0.2) is 0 Å². The first-order chi connectivity index (χ1) is 9.16. The first-order valence-electron chi connectivity index (χ1n) is 6.83. The van der Waals surface area contributed by atoms with Crippen LogP contribution in [-0.4, -0.2) is 10.9 Å². The van der Waals surface area contributed by atoms with E-state index < -0.39 is 0 Å². The number of nitrogens with two attached hydrogens (primary N) is 1. The molecule has 0 spiro atoms. The third-order valence-corrected chi connectivity index (χ3v) is 4.65. The summed E-state index contributed by atoms with van der Waals surface area (Å²) < 4.78 is 0. The Morgan fingerprint density at radius 1 is 1.26 bits per heavy atom. The average molecular weight is 274 g/mol. The Hall–Kier alpha value is -1.42. The SMILES string of the molecule is NC(=S)c1ccc(CNC(=O)C2C3CCCC32)cc1. The topological polar surface area (TPSA) is 55.1 Å². The van der Waals surface area contributed by atoms with Crippen molar-refractivity contribution in [3.05, 3.63) is 35.4 Å². The van der Waals surface area contributed by atoms with E-state index in [4.69, 9.17) is 18.0 Å². The number of amides is 1. The number of hydrogen-bond donors (Lipinski definition) is 2. The van der Waals surface area contributed by atoms with Gasteiger partial charge in [0.2, 0.25) is 5.91 Å². The summed E-state index contributed by atoms with van der Waals surface area (Å²) in [5.41, 5.74) is 7.49. The number of hydrogen-bond acceptors (Lipinski definition) is 2. The lowest BCUT2D eigenvalue weighted by atomic mass is 10.1. The van der Waals surface area contributed by atoms with Crippen LogP contribution in [0.5, 0.6) is 0 Å². The highest BCUT2D eigenvalue weighted by Crippen LogP contribution is 2.57. The van der Waals surface area contributed by atoms with Crippen LogP contribution in [0.4, 0.5) is 0 Å². The van der Waals surface area contributed by atoms with Crippen LogP contribution < -0.4 is 11.1 Å². The summed E-state index contributed by atoms with van der Waals surface area (Å²) in [6.07, 6.45) is 3.79. The molecule has 3 nitrogen and oxygen atoms in total. The summed E-state index contributed by atoms with van der Waals surface area (Å²) in [6.45, 7) is 0.590. The van der Waals surface area contributed by atoms with Crippen molar-refractivity contribution in [1.29, 1.82) is 0 Å². The van der Waals surface area contributed by atoms with Crippen molar-refractivity contribution >= 4 is 23.1 Å². The Balaban J connectivity index is 1.52. The minimum absolute atomic E-state index is 0.230. The molecule has 2 atom stereocenters. The molecule has 3 N–H and O–H groups in total. The van der Waals surface area contributed by atoms with Crippen molar-refractivity contribution in [2.75, 3.05) is 0 Å². The van der Waals surface area contributed by atoms with E-state index in [9.17, 15) is 4.79 Å². The third kappa shape index (κ3) is 2.50. The zero-order valence-electron chi connectivity index (χ0n) is 10.8. The minimum atomic E-state index is 0.230. The predicted molar refractivity (Wildman–Crippen MR) is 78.5 cm³/mol. The molecule has 0 aliphatic heterocycles. The van der Waals surface area contributed by atoms with Crippen LogP contribution in [0.15, 0.2) is 24.3 Å². The molecule has 0 bridgehead atoms. The maximum absolute atomic E-state index is 12.0. The highest BCUT2D eigenvalue weighted by atomic mass is 32.1. The summed E-state index contributed by atoms with van der Waals surface area (Å²) >= 11 is 4.91. The summed E-state index contributed by atoms with van der Waals surface area (Å²) in [5.74, 6) is 1.88. The lowest BCUT2D eigenvalue weighted by molar-refractivity contribution is -0.123. The van der Waals surface area contributed by atoms with Gasteiger partial charge in [-0.25, -0.2) is 0 Å². The lowest BCUT2D eigenvalue weighted by Crippen LogP contribution is -2.26. The van der Waals surface area contributed by atoms with Gasteiger partial charge in [-0.2, -0.15) is 0 Å². The average Bonchev–Trinajstić information content (AvgIpc) is 2.89. The Morgan fingerprint density at radius 2 is 1.89 bits per heavy atom. The van der Waals surface area contributed by atoms with Crippen molar-refractivity contribution in [3.63, 3.8) is 0 Å². The van der Waals surface area contributed by atoms with Gasteiger partial charge in [0.05, 0.1) is 0 Å². The van der Waals surface area contributed by atoms with Crippen LogP contribution in [0.2, 0.25) is 0 Å². The number of carbonyl (C=O) groups is 1. The second-order valence-corrected chi connectivity index (χ2v) is 6.00. The smallest absolute Gasteiger partial charge is 0.223 e. The van der Waals surface area contributed by atoms with E-state index in [0.717, 1.165) is 11.1 Å². The fourth-order valence-electron chi connectivity index (χ4n) is 3.30. The number of nitrogens with one attached hydrogen (secondary N) is 1. The lowest BCUT2D eigenvalue weighted by Gasteiger charge is -2.07. The molecule has 2 unspecified atom stereocenters. The second kappa shape index (κ2) is 4.93. The van der Waals surface area contributed by atoms with E-state index in [-0.39, 0.29) is 5.91 Å². The van der Waals surface area contributed by atoms with Crippen LogP contribution in [0.3, 0.4) is 0 Å². The van der Waals surface area contributed by atoms with Gasteiger partial charge < -0.3 is 11.1 Å².